The summed E-state index contributed by atoms with van der Waals surface area (Å²) in [6.07, 6.45) is 2.90. The van der Waals surface area contributed by atoms with Crippen LogP contribution < -0.4 is 11.1 Å². The van der Waals surface area contributed by atoms with E-state index in [1.54, 1.807) is 0 Å². The molecule has 1 aliphatic rings. The molecule has 0 bridgehead atoms. The Labute approximate surface area is 115 Å². The quantitative estimate of drug-likeness (QED) is 0.800. The smallest absolute Gasteiger partial charge is 0.230 e. The van der Waals surface area contributed by atoms with Crippen molar-refractivity contribution < 1.29 is 4.79 Å². The van der Waals surface area contributed by atoms with Crippen molar-refractivity contribution in [3.63, 3.8) is 0 Å². The van der Waals surface area contributed by atoms with E-state index >= 15 is 0 Å². The van der Waals surface area contributed by atoms with Crippen molar-refractivity contribution in [1.29, 1.82) is 0 Å². The molecule has 3 N–H and O–H groups in total. The molecule has 1 aromatic rings. The normalized spacial score (nSPS) is 18.1. The van der Waals surface area contributed by atoms with E-state index in [1.807, 2.05) is 24.3 Å². The first-order valence-corrected chi connectivity index (χ1v) is 7.11. The SMILES string of the molecule is CC(C)CC(C)NC(=O)C1(c2ccc(N)cc2)CC1. The van der Waals surface area contributed by atoms with Crippen molar-refractivity contribution >= 4 is 11.6 Å². The molecule has 0 aliphatic heterocycles. The first-order chi connectivity index (χ1) is 8.94. The molecule has 1 unspecified atom stereocenters. The molecular formula is C16H24N2O. The van der Waals surface area contributed by atoms with E-state index < -0.39 is 0 Å². The number of hydrogen-bond donors (Lipinski definition) is 2. The van der Waals surface area contributed by atoms with Gasteiger partial charge in [0.25, 0.3) is 0 Å². The number of benzene rings is 1. The molecule has 0 saturated heterocycles. The minimum atomic E-state index is -0.293. The predicted octanol–water partition coefficient (Wildman–Crippen LogP) is 2.85. The van der Waals surface area contributed by atoms with Crippen LogP contribution in [-0.2, 0) is 10.2 Å². The van der Waals surface area contributed by atoms with E-state index in [1.165, 1.54) is 0 Å². The second-order valence-corrected chi connectivity index (χ2v) is 6.21. The molecule has 1 amide bonds. The van der Waals surface area contributed by atoms with Crippen LogP contribution in [0.15, 0.2) is 24.3 Å². The van der Waals surface area contributed by atoms with Crippen LogP contribution in [0.4, 0.5) is 5.69 Å². The van der Waals surface area contributed by atoms with Gasteiger partial charge < -0.3 is 11.1 Å². The van der Waals surface area contributed by atoms with Gasteiger partial charge in [0.05, 0.1) is 5.41 Å². The Bertz CT molecular complexity index is 446. The molecule has 1 aliphatic carbocycles. The average Bonchev–Trinajstić information content (AvgIpc) is 3.09. The fourth-order valence-corrected chi connectivity index (χ4v) is 2.70. The summed E-state index contributed by atoms with van der Waals surface area (Å²) in [6.45, 7) is 6.43. The van der Waals surface area contributed by atoms with Gasteiger partial charge in [-0.3, -0.25) is 4.79 Å². The van der Waals surface area contributed by atoms with Crippen LogP contribution in [0, 0.1) is 5.92 Å². The standard InChI is InChI=1S/C16H24N2O/c1-11(2)10-12(3)18-15(19)16(8-9-16)13-4-6-14(17)7-5-13/h4-7,11-12H,8-10,17H2,1-3H3,(H,18,19). The third-order valence-corrected chi connectivity index (χ3v) is 3.85. The molecule has 1 fully saturated rings. The Kier molecular flexibility index (Phi) is 3.83. The van der Waals surface area contributed by atoms with E-state index in [4.69, 9.17) is 5.73 Å². The van der Waals surface area contributed by atoms with E-state index in [0.29, 0.717) is 5.92 Å². The van der Waals surface area contributed by atoms with Crippen LogP contribution >= 0.6 is 0 Å². The lowest BCUT2D eigenvalue weighted by Gasteiger charge is -2.21. The predicted molar refractivity (Wildman–Crippen MR) is 78.8 cm³/mol. The van der Waals surface area contributed by atoms with E-state index in [9.17, 15) is 4.79 Å². The largest absolute Gasteiger partial charge is 0.399 e. The van der Waals surface area contributed by atoms with Gasteiger partial charge in [-0.2, -0.15) is 0 Å². The summed E-state index contributed by atoms with van der Waals surface area (Å²) >= 11 is 0. The Hall–Kier alpha value is -1.51. The van der Waals surface area contributed by atoms with Gasteiger partial charge >= 0.3 is 0 Å². The molecule has 1 aromatic carbocycles. The molecule has 19 heavy (non-hydrogen) atoms. The van der Waals surface area contributed by atoms with E-state index in [0.717, 1.165) is 30.5 Å². The van der Waals surface area contributed by atoms with E-state index in [-0.39, 0.29) is 17.4 Å². The van der Waals surface area contributed by atoms with Crippen LogP contribution in [0.1, 0.15) is 45.6 Å². The zero-order chi connectivity index (χ0) is 14.0. The van der Waals surface area contributed by atoms with Gasteiger partial charge in [-0.25, -0.2) is 0 Å². The number of amides is 1. The van der Waals surface area contributed by atoms with Crippen LogP contribution in [-0.4, -0.2) is 11.9 Å². The zero-order valence-electron chi connectivity index (χ0n) is 12.1. The number of nitrogens with two attached hydrogens (primary N) is 1. The van der Waals surface area contributed by atoms with Crippen LogP contribution in [0.5, 0.6) is 0 Å². The third kappa shape index (κ3) is 3.09. The summed E-state index contributed by atoms with van der Waals surface area (Å²) in [7, 11) is 0. The van der Waals surface area contributed by atoms with Gasteiger partial charge in [-0.1, -0.05) is 26.0 Å². The number of hydrogen-bond acceptors (Lipinski definition) is 2. The Morgan fingerprint density at radius 2 is 1.84 bits per heavy atom. The Morgan fingerprint density at radius 1 is 1.26 bits per heavy atom. The highest BCUT2D eigenvalue weighted by atomic mass is 16.2. The van der Waals surface area contributed by atoms with Crippen molar-refractivity contribution in [1.82, 2.24) is 5.32 Å². The monoisotopic (exact) mass is 260 g/mol. The highest BCUT2D eigenvalue weighted by molar-refractivity contribution is 5.91. The van der Waals surface area contributed by atoms with Crippen molar-refractivity contribution in [2.45, 2.75) is 51.5 Å². The first-order valence-electron chi connectivity index (χ1n) is 7.11. The van der Waals surface area contributed by atoms with Gasteiger partial charge in [-0.05, 0) is 49.8 Å². The Morgan fingerprint density at radius 3 is 2.32 bits per heavy atom. The van der Waals surface area contributed by atoms with Crippen molar-refractivity contribution in [3.8, 4) is 0 Å². The topological polar surface area (TPSA) is 55.1 Å². The number of rotatable bonds is 5. The molecule has 1 atom stereocenters. The van der Waals surface area contributed by atoms with Gasteiger partial charge in [0, 0.05) is 11.7 Å². The van der Waals surface area contributed by atoms with Gasteiger partial charge in [0.15, 0.2) is 0 Å². The summed E-state index contributed by atoms with van der Waals surface area (Å²) in [6, 6.07) is 7.95. The second kappa shape index (κ2) is 5.24. The third-order valence-electron chi connectivity index (χ3n) is 3.85. The highest BCUT2D eigenvalue weighted by Crippen LogP contribution is 2.48. The lowest BCUT2D eigenvalue weighted by atomic mass is 9.94. The van der Waals surface area contributed by atoms with Gasteiger partial charge in [-0.15, -0.1) is 0 Å². The summed E-state index contributed by atoms with van der Waals surface area (Å²) in [5.74, 6) is 0.771. The fraction of sp³-hybridized carbons (Fsp3) is 0.562. The van der Waals surface area contributed by atoms with E-state index in [2.05, 4.69) is 26.1 Å². The molecule has 0 heterocycles. The van der Waals surface area contributed by atoms with Crippen molar-refractivity contribution in [3.05, 3.63) is 29.8 Å². The van der Waals surface area contributed by atoms with Crippen molar-refractivity contribution in [2.24, 2.45) is 5.92 Å². The Balaban J connectivity index is 2.04. The lowest BCUT2D eigenvalue weighted by molar-refractivity contribution is -0.124. The van der Waals surface area contributed by atoms with Crippen LogP contribution in [0.25, 0.3) is 0 Å². The summed E-state index contributed by atoms with van der Waals surface area (Å²) in [4.78, 5) is 12.5. The lowest BCUT2D eigenvalue weighted by Crippen LogP contribution is -2.40. The van der Waals surface area contributed by atoms with Crippen LogP contribution in [0.2, 0.25) is 0 Å². The maximum absolute atomic E-state index is 12.5. The molecule has 1 saturated carbocycles. The number of nitrogens with one attached hydrogen (secondary N) is 1. The molecular weight excluding hydrogens is 236 g/mol. The molecule has 2 rings (SSSR count). The van der Waals surface area contributed by atoms with Gasteiger partial charge in [0.1, 0.15) is 0 Å². The maximum Gasteiger partial charge on any atom is 0.230 e. The minimum absolute atomic E-state index is 0.172. The second-order valence-electron chi connectivity index (χ2n) is 6.21. The molecule has 3 heteroatoms. The van der Waals surface area contributed by atoms with Crippen LogP contribution in [0.3, 0.4) is 0 Å². The first kappa shape index (κ1) is 13.9. The molecule has 0 radical (unpaired) electrons. The number of carbonyl (C=O) groups is 1. The molecule has 3 nitrogen and oxygen atoms in total. The number of anilines is 1. The summed E-state index contributed by atoms with van der Waals surface area (Å²) < 4.78 is 0. The highest BCUT2D eigenvalue weighted by Gasteiger charge is 2.51. The fourth-order valence-electron chi connectivity index (χ4n) is 2.70. The average molecular weight is 260 g/mol. The zero-order valence-corrected chi connectivity index (χ0v) is 12.1. The summed E-state index contributed by atoms with van der Waals surface area (Å²) in [5, 5.41) is 3.16. The maximum atomic E-state index is 12.5. The van der Waals surface area contributed by atoms with Crippen molar-refractivity contribution in [2.75, 3.05) is 5.73 Å². The molecule has 0 aromatic heterocycles. The number of carbonyl (C=O) groups excluding carboxylic acids is 1. The molecule has 0 spiro atoms. The molecule has 104 valence electrons. The number of nitrogen functional groups attached to an aromatic ring is 1. The minimum Gasteiger partial charge on any atom is -0.399 e. The summed E-state index contributed by atoms with van der Waals surface area (Å²) in [5.41, 5.74) is 7.25. The van der Waals surface area contributed by atoms with Gasteiger partial charge in [0.2, 0.25) is 5.91 Å².